The summed E-state index contributed by atoms with van der Waals surface area (Å²) in [7, 11) is 0. The number of carbonyl (C=O) groups excluding carboxylic acids is 3. The van der Waals surface area contributed by atoms with E-state index in [9.17, 15) is 14.4 Å². The molecule has 1 unspecified atom stereocenters. The number of nitrogens with zero attached hydrogens (tertiary/aromatic N) is 1. The van der Waals surface area contributed by atoms with Crippen LogP contribution in [0.5, 0.6) is 0 Å². The van der Waals surface area contributed by atoms with Crippen LogP contribution in [0.25, 0.3) is 0 Å². The lowest BCUT2D eigenvalue weighted by Crippen LogP contribution is -2.48. The quantitative estimate of drug-likeness (QED) is 0.784. The Morgan fingerprint density at radius 2 is 1.69 bits per heavy atom. The first-order valence-corrected chi connectivity index (χ1v) is 10.1. The van der Waals surface area contributed by atoms with Gasteiger partial charge < -0.3 is 15.5 Å². The van der Waals surface area contributed by atoms with Gasteiger partial charge in [0.2, 0.25) is 17.7 Å². The number of piperidine rings is 1. The number of hydrogen-bond donors (Lipinski definition) is 2. The molecule has 3 amide bonds. The summed E-state index contributed by atoms with van der Waals surface area (Å²) >= 11 is 0. The Kier molecular flexibility index (Phi) is 7.47. The van der Waals surface area contributed by atoms with Gasteiger partial charge in [0.1, 0.15) is 0 Å². The number of nitrogens with one attached hydrogen (secondary N) is 2. The molecule has 1 heterocycles. The molecule has 0 bridgehead atoms. The van der Waals surface area contributed by atoms with Gasteiger partial charge in [-0.15, -0.1) is 0 Å². The third-order valence-electron chi connectivity index (χ3n) is 5.40. The molecule has 0 aromatic heterocycles. The molecule has 0 spiro atoms. The van der Waals surface area contributed by atoms with Crippen molar-refractivity contribution in [3.8, 4) is 0 Å². The average molecular weight is 366 g/mol. The molecule has 2 rings (SSSR count). The summed E-state index contributed by atoms with van der Waals surface area (Å²) in [4.78, 5) is 38.6. The van der Waals surface area contributed by atoms with E-state index in [4.69, 9.17) is 0 Å². The minimum absolute atomic E-state index is 0.0226. The first kappa shape index (κ1) is 20.7. The predicted molar refractivity (Wildman–Crippen MR) is 101 cm³/mol. The zero-order chi connectivity index (χ0) is 19.2. The summed E-state index contributed by atoms with van der Waals surface area (Å²) in [6.45, 7) is 7.12. The summed E-state index contributed by atoms with van der Waals surface area (Å²) in [5.41, 5.74) is -0.448. The van der Waals surface area contributed by atoms with Gasteiger partial charge in [-0.2, -0.15) is 0 Å². The van der Waals surface area contributed by atoms with Gasteiger partial charge in [-0.05, 0) is 25.7 Å². The zero-order valence-electron chi connectivity index (χ0n) is 16.6. The second-order valence-corrected chi connectivity index (χ2v) is 8.78. The first-order chi connectivity index (χ1) is 12.3. The van der Waals surface area contributed by atoms with Crippen molar-refractivity contribution in [3.63, 3.8) is 0 Å². The minimum atomic E-state index is -0.448. The van der Waals surface area contributed by atoms with Crippen LogP contribution < -0.4 is 10.6 Å². The molecular weight excluding hydrogens is 330 g/mol. The van der Waals surface area contributed by atoms with Crippen LogP contribution in [0, 0.1) is 11.3 Å². The number of hydrogen-bond acceptors (Lipinski definition) is 3. The standard InChI is InChI=1S/C20H35N3O3/c1-20(2,3)19(26)21-12-11-17(24)23-13-7-8-15(14-23)18(25)22-16-9-5-4-6-10-16/h15-16H,4-14H2,1-3H3,(H,21,26)(H,22,25). The Morgan fingerprint density at radius 1 is 1.00 bits per heavy atom. The highest BCUT2D eigenvalue weighted by Gasteiger charge is 2.30. The fourth-order valence-electron chi connectivity index (χ4n) is 3.69. The smallest absolute Gasteiger partial charge is 0.225 e. The van der Waals surface area contributed by atoms with Crippen molar-refractivity contribution in [2.24, 2.45) is 11.3 Å². The maximum absolute atomic E-state index is 12.5. The number of amides is 3. The highest BCUT2D eigenvalue weighted by molar-refractivity contribution is 5.83. The molecule has 148 valence electrons. The lowest BCUT2D eigenvalue weighted by Gasteiger charge is -2.33. The van der Waals surface area contributed by atoms with Crippen LogP contribution in [-0.2, 0) is 14.4 Å². The van der Waals surface area contributed by atoms with Crippen LogP contribution >= 0.6 is 0 Å². The Hall–Kier alpha value is -1.59. The van der Waals surface area contributed by atoms with Crippen LogP contribution in [0.15, 0.2) is 0 Å². The van der Waals surface area contributed by atoms with Crippen LogP contribution in [0.1, 0.15) is 72.1 Å². The largest absolute Gasteiger partial charge is 0.355 e. The lowest BCUT2D eigenvalue weighted by atomic mass is 9.93. The van der Waals surface area contributed by atoms with Gasteiger partial charge in [-0.3, -0.25) is 14.4 Å². The molecule has 1 saturated heterocycles. The highest BCUT2D eigenvalue weighted by atomic mass is 16.2. The minimum Gasteiger partial charge on any atom is -0.355 e. The van der Waals surface area contributed by atoms with Crippen LogP contribution in [-0.4, -0.2) is 48.3 Å². The van der Waals surface area contributed by atoms with E-state index >= 15 is 0 Å². The van der Waals surface area contributed by atoms with E-state index < -0.39 is 5.41 Å². The summed E-state index contributed by atoms with van der Waals surface area (Å²) in [5.74, 6) is -0.0164. The third kappa shape index (κ3) is 6.29. The Bertz CT molecular complexity index is 507. The molecule has 26 heavy (non-hydrogen) atoms. The van der Waals surface area contributed by atoms with Gasteiger partial charge in [-0.25, -0.2) is 0 Å². The first-order valence-electron chi connectivity index (χ1n) is 10.1. The Balaban J connectivity index is 1.74. The summed E-state index contributed by atoms with van der Waals surface area (Å²) < 4.78 is 0. The van der Waals surface area contributed by atoms with Gasteiger partial charge in [0.15, 0.2) is 0 Å². The Morgan fingerprint density at radius 3 is 2.35 bits per heavy atom. The van der Waals surface area contributed by atoms with Crippen molar-refractivity contribution in [1.82, 2.24) is 15.5 Å². The van der Waals surface area contributed by atoms with Crippen LogP contribution in [0.2, 0.25) is 0 Å². The summed E-state index contributed by atoms with van der Waals surface area (Å²) in [6, 6.07) is 0.315. The van der Waals surface area contributed by atoms with Crippen molar-refractivity contribution in [1.29, 1.82) is 0 Å². The second-order valence-electron chi connectivity index (χ2n) is 8.78. The maximum atomic E-state index is 12.5. The number of rotatable bonds is 5. The lowest BCUT2D eigenvalue weighted by molar-refractivity contribution is -0.136. The van der Waals surface area contributed by atoms with Crippen LogP contribution in [0.4, 0.5) is 0 Å². The highest BCUT2D eigenvalue weighted by Crippen LogP contribution is 2.21. The average Bonchev–Trinajstić information content (AvgIpc) is 2.61. The van der Waals surface area contributed by atoms with Crippen molar-refractivity contribution < 1.29 is 14.4 Å². The molecule has 0 aromatic rings. The van der Waals surface area contributed by atoms with E-state index in [1.165, 1.54) is 19.3 Å². The zero-order valence-corrected chi connectivity index (χ0v) is 16.6. The van der Waals surface area contributed by atoms with E-state index in [-0.39, 0.29) is 23.6 Å². The number of likely N-dealkylation sites (tertiary alicyclic amines) is 1. The topological polar surface area (TPSA) is 78.5 Å². The molecule has 0 radical (unpaired) electrons. The van der Waals surface area contributed by atoms with Gasteiger partial charge in [0, 0.05) is 37.5 Å². The molecule has 1 saturated carbocycles. The molecule has 6 nitrogen and oxygen atoms in total. The van der Waals surface area contributed by atoms with Gasteiger partial charge in [-0.1, -0.05) is 40.0 Å². The molecule has 2 aliphatic rings. The molecule has 2 N–H and O–H groups in total. The summed E-state index contributed by atoms with van der Waals surface area (Å²) in [6.07, 6.45) is 7.82. The molecule has 1 aliphatic heterocycles. The Labute approximate surface area is 157 Å². The summed E-state index contributed by atoms with van der Waals surface area (Å²) in [5, 5.41) is 6.00. The van der Waals surface area contributed by atoms with Crippen molar-refractivity contribution in [2.75, 3.05) is 19.6 Å². The van der Waals surface area contributed by atoms with Gasteiger partial charge in [0.25, 0.3) is 0 Å². The van der Waals surface area contributed by atoms with Gasteiger partial charge in [0.05, 0.1) is 5.92 Å². The third-order valence-corrected chi connectivity index (χ3v) is 5.40. The van der Waals surface area contributed by atoms with E-state index in [1.54, 1.807) is 4.90 Å². The molecular formula is C20H35N3O3. The monoisotopic (exact) mass is 365 g/mol. The second kappa shape index (κ2) is 9.38. The van der Waals surface area contributed by atoms with Crippen molar-refractivity contribution in [2.45, 2.75) is 78.2 Å². The van der Waals surface area contributed by atoms with Crippen molar-refractivity contribution in [3.05, 3.63) is 0 Å². The van der Waals surface area contributed by atoms with Gasteiger partial charge >= 0.3 is 0 Å². The maximum Gasteiger partial charge on any atom is 0.225 e. The molecule has 2 fully saturated rings. The fraction of sp³-hybridized carbons (Fsp3) is 0.850. The van der Waals surface area contributed by atoms with E-state index in [1.807, 2.05) is 20.8 Å². The van der Waals surface area contributed by atoms with E-state index in [2.05, 4.69) is 10.6 Å². The SMILES string of the molecule is CC(C)(C)C(=O)NCCC(=O)N1CCCC(C(=O)NC2CCCCC2)C1. The predicted octanol–water partition coefficient (Wildman–Crippen LogP) is 2.23. The molecule has 0 aromatic carbocycles. The van der Waals surface area contributed by atoms with Crippen LogP contribution in [0.3, 0.4) is 0 Å². The van der Waals surface area contributed by atoms with E-state index in [0.29, 0.717) is 32.1 Å². The van der Waals surface area contributed by atoms with Crippen molar-refractivity contribution >= 4 is 17.7 Å². The molecule has 6 heteroatoms. The molecule has 1 atom stereocenters. The van der Waals surface area contributed by atoms with E-state index in [0.717, 1.165) is 25.7 Å². The fourth-order valence-corrected chi connectivity index (χ4v) is 3.69. The molecule has 1 aliphatic carbocycles. The number of carbonyl (C=O) groups is 3. The normalized spacial score (nSPS) is 22.0.